The highest BCUT2D eigenvalue weighted by Gasteiger charge is 2.54. The second-order valence-corrected chi connectivity index (χ2v) is 7.51. The summed E-state index contributed by atoms with van der Waals surface area (Å²) in [6.45, 7) is 5.26. The summed E-state index contributed by atoms with van der Waals surface area (Å²) in [5, 5.41) is 10.0. The predicted molar refractivity (Wildman–Crippen MR) is 82.8 cm³/mol. The maximum atomic E-state index is 10.0. The molecule has 0 radical (unpaired) electrons. The SMILES string of the molecule is CN1CCC2(C)CC1C1(CCOCC1)c1ccc(O)cc12. The van der Waals surface area contributed by atoms with Gasteiger partial charge in [-0.15, -0.1) is 0 Å². The Balaban J connectivity index is 1.94. The number of hydrogen-bond donors (Lipinski definition) is 1. The minimum Gasteiger partial charge on any atom is -0.508 e. The Bertz CT molecular complexity index is 564. The van der Waals surface area contributed by atoms with Gasteiger partial charge < -0.3 is 14.7 Å². The fraction of sp³-hybridized carbons (Fsp3) is 0.667. The molecule has 3 nitrogen and oxygen atoms in total. The van der Waals surface area contributed by atoms with Crippen molar-refractivity contribution in [1.29, 1.82) is 0 Å². The number of aromatic hydroxyl groups is 1. The first-order valence-corrected chi connectivity index (χ1v) is 8.17. The first kappa shape index (κ1) is 13.6. The van der Waals surface area contributed by atoms with Gasteiger partial charge in [-0.25, -0.2) is 0 Å². The molecule has 2 fully saturated rings. The maximum Gasteiger partial charge on any atom is 0.115 e. The van der Waals surface area contributed by atoms with Crippen molar-refractivity contribution in [2.45, 2.75) is 49.5 Å². The molecule has 1 aliphatic carbocycles. The number of ether oxygens (including phenoxy) is 1. The summed E-state index contributed by atoms with van der Waals surface area (Å²) >= 11 is 0. The van der Waals surface area contributed by atoms with Crippen LogP contribution in [0.25, 0.3) is 0 Å². The number of phenols is 1. The number of fused-ring (bicyclic) bond motifs is 6. The molecule has 114 valence electrons. The predicted octanol–water partition coefficient (Wildman–Crippen LogP) is 2.81. The summed E-state index contributed by atoms with van der Waals surface area (Å²) in [7, 11) is 2.28. The van der Waals surface area contributed by atoms with E-state index in [9.17, 15) is 5.11 Å². The van der Waals surface area contributed by atoms with E-state index in [2.05, 4.69) is 24.9 Å². The van der Waals surface area contributed by atoms with Crippen LogP contribution in [0.4, 0.5) is 0 Å². The lowest BCUT2D eigenvalue weighted by atomic mass is 9.53. The molecule has 1 aromatic carbocycles. The van der Waals surface area contributed by atoms with Crippen molar-refractivity contribution >= 4 is 0 Å². The molecule has 2 aliphatic heterocycles. The van der Waals surface area contributed by atoms with Crippen molar-refractivity contribution in [3.63, 3.8) is 0 Å². The molecule has 2 heterocycles. The third-order valence-corrected chi connectivity index (χ3v) is 6.40. The van der Waals surface area contributed by atoms with Crippen LogP contribution in [-0.2, 0) is 15.6 Å². The average Bonchev–Trinajstić information content (AvgIpc) is 2.50. The van der Waals surface area contributed by atoms with Crippen LogP contribution in [0.2, 0.25) is 0 Å². The first-order chi connectivity index (χ1) is 10.1. The Labute approximate surface area is 126 Å². The summed E-state index contributed by atoms with van der Waals surface area (Å²) in [5.74, 6) is 0.412. The van der Waals surface area contributed by atoms with Crippen molar-refractivity contribution in [3.8, 4) is 5.75 Å². The van der Waals surface area contributed by atoms with Crippen molar-refractivity contribution in [2.24, 2.45) is 0 Å². The van der Waals surface area contributed by atoms with Gasteiger partial charge >= 0.3 is 0 Å². The Morgan fingerprint density at radius 3 is 2.71 bits per heavy atom. The number of rotatable bonds is 0. The van der Waals surface area contributed by atoms with Crippen molar-refractivity contribution in [3.05, 3.63) is 29.3 Å². The molecule has 1 spiro atoms. The molecule has 3 heteroatoms. The molecule has 2 unspecified atom stereocenters. The number of likely N-dealkylation sites (tertiary alicyclic amines) is 1. The molecule has 2 bridgehead atoms. The van der Waals surface area contributed by atoms with E-state index in [0.29, 0.717) is 11.8 Å². The second kappa shape index (κ2) is 4.47. The van der Waals surface area contributed by atoms with Gasteiger partial charge in [-0.05, 0) is 68.0 Å². The van der Waals surface area contributed by atoms with Gasteiger partial charge in [0.1, 0.15) is 5.75 Å². The number of piperidine rings is 1. The molecule has 2 atom stereocenters. The van der Waals surface area contributed by atoms with Crippen LogP contribution in [0, 0.1) is 0 Å². The molecule has 1 N–H and O–H groups in total. The number of nitrogens with zero attached hydrogens (tertiary/aromatic N) is 1. The van der Waals surface area contributed by atoms with E-state index in [4.69, 9.17) is 4.74 Å². The third-order valence-electron chi connectivity index (χ3n) is 6.40. The van der Waals surface area contributed by atoms with E-state index in [1.165, 1.54) is 24.0 Å². The van der Waals surface area contributed by atoms with Crippen LogP contribution in [0.15, 0.2) is 18.2 Å². The van der Waals surface area contributed by atoms with E-state index in [0.717, 1.165) is 32.6 Å². The van der Waals surface area contributed by atoms with Crippen molar-refractivity contribution in [2.75, 3.05) is 26.8 Å². The van der Waals surface area contributed by atoms with Crippen LogP contribution < -0.4 is 0 Å². The largest absolute Gasteiger partial charge is 0.508 e. The van der Waals surface area contributed by atoms with Gasteiger partial charge in [-0.2, -0.15) is 0 Å². The molecule has 3 aliphatic rings. The minimum absolute atomic E-state index is 0.217. The van der Waals surface area contributed by atoms with E-state index in [1.807, 2.05) is 12.1 Å². The maximum absolute atomic E-state index is 10.0. The van der Waals surface area contributed by atoms with Crippen LogP contribution >= 0.6 is 0 Å². The lowest BCUT2D eigenvalue weighted by Crippen LogP contribution is -2.61. The fourth-order valence-electron chi connectivity index (χ4n) is 5.11. The lowest BCUT2D eigenvalue weighted by Gasteiger charge is -2.59. The number of likely N-dealkylation sites (N-methyl/N-ethyl adjacent to an activating group) is 1. The first-order valence-electron chi connectivity index (χ1n) is 8.17. The summed E-state index contributed by atoms with van der Waals surface area (Å²) in [5.41, 5.74) is 3.31. The Hall–Kier alpha value is -1.06. The highest BCUT2D eigenvalue weighted by molar-refractivity contribution is 5.49. The smallest absolute Gasteiger partial charge is 0.115 e. The minimum atomic E-state index is 0.217. The van der Waals surface area contributed by atoms with Gasteiger partial charge in [0.25, 0.3) is 0 Å². The normalized spacial score (nSPS) is 34.7. The standard InChI is InChI=1S/C18H25NO2/c1-17-5-8-19(2)16(12-17)18(6-9-21-10-7-18)14-4-3-13(20)11-15(14)17/h3-4,11,16,20H,5-10,12H2,1-2H3. The monoisotopic (exact) mass is 287 g/mol. The topological polar surface area (TPSA) is 32.7 Å². The highest BCUT2D eigenvalue weighted by atomic mass is 16.5. The van der Waals surface area contributed by atoms with Gasteiger partial charge in [-0.3, -0.25) is 0 Å². The number of phenolic OH excluding ortho intramolecular Hbond substituents is 1. The Kier molecular flexibility index (Phi) is 2.89. The molecular formula is C18H25NO2. The molecule has 0 amide bonds. The van der Waals surface area contributed by atoms with Crippen LogP contribution in [0.3, 0.4) is 0 Å². The van der Waals surface area contributed by atoms with Gasteiger partial charge in [0, 0.05) is 24.7 Å². The fourth-order valence-corrected chi connectivity index (χ4v) is 5.11. The Morgan fingerprint density at radius 2 is 1.95 bits per heavy atom. The Morgan fingerprint density at radius 1 is 1.19 bits per heavy atom. The number of benzene rings is 1. The van der Waals surface area contributed by atoms with Crippen molar-refractivity contribution in [1.82, 2.24) is 4.90 Å². The van der Waals surface area contributed by atoms with Gasteiger partial charge in [0.2, 0.25) is 0 Å². The summed E-state index contributed by atoms with van der Waals surface area (Å²) < 4.78 is 5.67. The highest BCUT2D eigenvalue weighted by Crippen LogP contribution is 2.55. The van der Waals surface area contributed by atoms with E-state index < -0.39 is 0 Å². The molecular weight excluding hydrogens is 262 g/mol. The summed E-state index contributed by atoms with van der Waals surface area (Å²) in [6.07, 6.45) is 4.61. The zero-order chi connectivity index (χ0) is 14.7. The van der Waals surface area contributed by atoms with Crippen LogP contribution in [-0.4, -0.2) is 42.9 Å². The van der Waals surface area contributed by atoms with E-state index in [1.54, 1.807) is 0 Å². The summed E-state index contributed by atoms with van der Waals surface area (Å²) in [6, 6.07) is 6.71. The molecule has 2 saturated heterocycles. The molecule has 21 heavy (non-hydrogen) atoms. The number of hydrogen-bond acceptors (Lipinski definition) is 3. The van der Waals surface area contributed by atoms with Gasteiger partial charge in [0.05, 0.1) is 0 Å². The van der Waals surface area contributed by atoms with Gasteiger partial charge in [-0.1, -0.05) is 13.0 Å². The lowest BCUT2D eigenvalue weighted by molar-refractivity contribution is -0.0254. The summed E-state index contributed by atoms with van der Waals surface area (Å²) in [4.78, 5) is 2.57. The second-order valence-electron chi connectivity index (χ2n) is 7.51. The van der Waals surface area contributed by atoms with Crippen LogP contribution in [0.1, 0.15) is 43.7 Å². The van der Waals surface area contributed by atoms with Gasteiger partial charge in [0.15, 0.2) is 0 Å². The van der Waals surface area contributed by atoms with Crippen LogP contribution in [0.5, 0.6) is 5.75 Å². The van der Waals surface area contributed by atoms with Crippen molar-refractivity contribution < 1.29 is 9.84 Å². The molecule has 0 saturated carbocycles. The third kappa shape index (κ3) is 1.80. The average molecular weight is 287 g/mol. The zero-order valence-electron chi connectivity index (χ0n) is 13.1. The molecule has 4 rings (SSSR count). The zero-order valence-corrected chi connectivity index (χ0v) is 13.1. The molecule has 1 aromatic rings. The molecule has 0 aromatic heterocycles. The van der Waals surface area contributed by atoms with E-state index >= 15 is 0 Å². The van der Waals surface area contributed by atoms with E-state index in [-0.39, 0.29) is 10.8 Å². The quantitative estimate of drug-likeness (QED) is 0.796.